The molecule has 2 heterocycles. The number of hydrogen-bond acceptors (Lipinski definition) is 5. The molecule has 8 heteroatoms. The monoisotopic (exact) mass is 393 g/mol. The predicted molar refractivity (Wildman–Crippen MR) is 101 cm³/mol. The van der Waals surface area contributed by atoms with Crippen LogP contribution in [0.2, 0.25) is 5.02 Å². The number of cyclic esters (lactones) is 1. The standard InChI is InChI=1S/C19H24ClN3O4/c20-14-1-2-16(15(21)7-14)26-10-12-3-5-23(6-4-12)17(24)13-8-19(9-13)11-27-18(25)22-19/h1-2,7,12-13H,3-6,8-11,21H2,(H,22,25)/t13-,19+. The number of anilines is 1. The smallest absolute Gasteiger partial charge is 0.407 e. The van der Waals surface area contributed by atoms with Gasteiger partial charge >= 0.3 is 6.09 Å². The van der Waals surface area contributed by atoms with E-state index in [0.29, 0.717) is 48.4 Å². The lowest BCUT2D eigenvalue weighted by molar-refractivity contribution is -0.142. The van der Waals surface area contributed by atoms with Gasteiger partial charge in [0.1, 0.15) is 12.4 Å². The summed E-state index contributed by atoms with van der Waals surface area (Å²) in [7, 11) is 0. The number of hydrogen-bond donors (Lipinski definition) is 2. The van der Waals surface area contributed by atoms with Gasteiger partial charge in [-0.3, -0.25) is 4.79 Å². The molecule has 1 aromatic rings. The second kappa shape index (κ2) is 7.11. The topological polar surface area (TPSA) is 93.9 Å². The lowest BCUT2D eigenvalue weighted by Gasteiger charge is -2.44. The summed E-state index contributed by atoms with van der Waals surface area (Å²) in [5, 5.41) is 3.43. The molecule has 2 saturated heterocycles. The fraction of sp³-hybridized carbons (Fsp3) is 0.579. The fourth-order valence-electron chi connectivity index (χ4n) is 4.21. The van der Waals surface area contributed by atoms with Crippen LogP contribution in [0, 0.1) is 11.8 Å². The van der Waals surface area contributed by atoms with Crippen molar-refractivity contribution in [3.05, 3.63) is 23.2 Å². The maximum Gasteiger partial charge on any atom is 0.407 e. The third-order valence-electron chi connectivity index (χ3n) is 5.84. The van der Waals surface area contributed by atoms with Crippen LogP contribution >= 0.6 is 11.6 Å². The van der Waals surface area contributed by atoms with Crippen molar-refractivity contribution in [2.24, 2.45) is 11.8 Å². The number of rotatable bonds is 4. The number of piperidine rings is 1. The second-order valence-corrected chi connectivity index (χ2v) is 8.28. The average molecular weight is 394 g/mol. The van der Waals surface area contributed by atoms with Crippen molar-refractivity contribution in [2.45, 2.75) is 31.2 Å². The van der Waals surface area contributed by atoms with Gasteiger partial charge in [-0.15, -0.1) is 0 Å². The van der Waals surface area contributed by atoms with Crippen LogP contribution in [0.4, 0.5) is 10.5 Å². The van der Waals surface area contributed by atoms with Gasteiger partial charge in [-0.25, -0.2) is 4.79 Å². The van der Waals surface area contributed by atoms with Crippen LogP contribution in [0.15, 0.2) is 18.2 Å². The van der Waals surface area contributed by atoms with Crippen LogP contribution in [0.5, 0.6) is 5.75 Å². The Bertz CT molecular complexity index is 742. The Morgan fingerprint density at radius 2 is 2.11 bits per heavy atom. The molecule has 3 fully saturated rings. The maximum absolute atomic E-state index is 12.7. The van der Waals surface area contributed by atoms with E-state index in [0.717, 1.165) is 25.9 Å². The van der Waals surface area contributed by atoms with E-state index in [-0.39, 0.29) is 23.5 Å². The van der Waals surface area contributed by atoms with Crippen LogP contribution in [0.25, 0.3) is 0 Å². The van der Waals surface area contributed by atoms with E-state index in [1.165, 1.54) is 0 Å². The number of ether oxygens (including phenoxy) is 2. The minimum atomic E-state index is -0.372. The number of likely N-dealkylation sites (tertiary alicyclic amines) is 1. The predicted octanol–water partition coefficient (Wildman–Crippen LogP) is 2.43. The Balaban J connectivity index is 1.21. The molecule has 0 radical (unpaired) electrons. The molecule has 2 aliphatic heterocycles. The summed E-state index contributed by atoms with van der Waals surface area (Å²) < 4.78 is 10.8. The van der Waals surface area contributed by atoms with Crippen molar-refractivity contribution < 1.29 is 19.1 Å². The van der Waals surface area contributed by atoms with E-state index in [4.69, 9.17) is 26.8 Å². The van der Waals surface area contributed by atoms with Crippen LogP contribution in [-0.2, 0) is 9.53 Å². The zero-order valence-corrected chi connectivity index (χ0v) is 15.8. The molecule has 0 bridgehead atoms. The number of nitrogens with two attached hydrogens (primary N) is 1. The van der Waals surface area contributed by atoms with Gasteiger partial charge in [0, 0.05) is 24.0 Å². The van der Waals surface area contributed by atoms with Crippen molar-refractivity contribution in [3.8, 4) is 5.75 Å². The third kappa shape index (κ3) is 3.78. The molecule has 0 aromatic heterocycles. The van der Waals surface area contributed by atoms with Gasteiger partial charge in [-0.1, -0.05) is 11.6 Å². The molecule has 27 heavy (non-hydrogen) atoms. The molecule has 0 atom stereocenters. The van der Waals surface area contributed by atoms with Gasteiger partial charge < -0.3 is 25.4 Å². The molecule has 3 N–H and O–H groups in total. The summed E-state index contributed by atoms with van der Waals surface area (Å²) in [6, 6.07) is 5.23. The number of carbonyl (C=O) groups excluding carboxylic acids is 2. The van der Waals surface area contributed by atoms with Crippen molar-refractivity contribution >= 4 is 29.3 Å². The summed E-state index contributed by atoms with van der Waals surface area (Å²) in [4.78, 5) is 25.8. The van der Waals surface area contributed by atoms with Gasteiger partial charge in [0.05, 0.1) is 17.8 Å². The van der Waals surface area contributed by atoms with E-state index in [2.05, 4.69) is 5.32 Å². The highest BCUT2D eigenvalue weighted by Crippen LogP contribution is 2.41. The first-order valence-corrected chi connectivity index (χ1v) is 9.73. The highest BCUT2D eigenvalue weighted by atomic mass is 35.5. The Morgan fingerprint density at radius 1 is 1.37 bits per heavy atom. The Morgan fingerprint density at radius 3 is 2.74 bits per heavy atom. The molecule has 1 aromatic carbocycles. The van der Waals surface area contributed by atoms with E-state index >= 15 is 0 Å². The van der Waals surface area contributed by atoms with Gasteiger partial charge in [0.2, 0.25) is 5.91 Å². The molecule has 2 amide bonds. The first-order chi connectivity index (χ1) is 12.9. The molecule has 1 saturated carbocycles. The van der Waals surface area contributed by atoms with Crippen LogP contribution in [0.3, 0.4) is 0 Å². The van der Waals surface area contributed by atoms with Crippen LogP contribution in [-0.4, -0.2) is 48.7 Å². The quantitative estimate of drug-likeness (QED) is 0.766. The Labute approximate surface area is 163 Å². The van der Waals surface area contributed by atoms with Crippen molar-refractivity contribution in [1.82, 2.24) is 10.2 Å². The Hall–Kier alpha value is -2.15. The van der Waals surface area contributed by atoms with Gasteiger partial charge in [0.25, 0.3) is 0 Å². The van der Waals surface area contributed by atoms with Crippen molar-refractivity contribution in [3.63, 3.8) is 0 Å². The molecule has 4 rings (SSSR count). The molecule has 7 nitrogen and oxygen atoms in total. The molecular formula is C19H24ClN3O4. The van der Waals surface area contributed by atoms with Crippen LogP contribution in [0.1, 0.15) is 25.7 Å². The number of amides is 2. The summed E-state index contributed by atoms with van der Waals surface area (Å²) >= 11 is 5.90. The average Bonchev–Trinajstić information content (AvgIpc) is 3.02. The molecule has 3 aliphatic rings. The van der Waals surface area contributed by atoms with E-state index in [9.17, 15) is 9.59 Å². The van der Waals surface area contributed by atoms with E-state index in [1.54, 1.807) is 18.2 Å². The zero-order chi connectivity index (χ0) is 19.0. The highest BCUT2D eigenvalue weighted by molar-refractivity contribution is 6.30. The van der Waals surface area contributed by atoms with Crippen molar-refractivity contribution in [2.75, 3.05) is 32.0 Å². The van der Waals surface area contributed by atoms with Gasteiger partial charge in [0.15, 0.2) is 0 Å². The lowest BCUT2D eigenvalue weighted by Crippen LogP contribution is -2.58. The fourth-order valence-corrected chi connectivity index (χ4v) is 4.39. The normalized spacial score (nSPS) is 27.8. The largest absolute Gasteiger partial charge is 0.491 e. The second-order valence-electron chi connectivity index (χ2n) is 7.85. The lowest BCUT2D eigenvalue weighted by atomic mass is 9.68. The number of nitrogens with zero attached hydrogens (tertiary/aromatic N) is 1. The van der Waals surface area contributed by atoms with Crippen LogP contribution < -0.4 is 15.8 Å². The summed E-state index contributed by atoms with van der Waals surface area (Å²) in [5.41, 5.74) is 6.15. The van der Waals surface area contributed by atoms with Crippen molar-refractivity contribution in [1.29, 1.82) is 0 Å². The number of carbonyl (C=O) groups is 2. The maximum atomic E-state index is 12.7. The highest BCUT2D eigenvalue weighted by Gasteiger charge is 2.53. The van der Waals surface area contributed by atoms with Gasteiger partial charge in [-0.05, 0) is 49.8 Å². The first-order valence-electron chi connectivity index (χ1n) is 9.36. The zero-order valence-electron chi connectivity index (χ0n) is 15.1. The summed E-state index contributed by atoms with van der Waals surface area (Å²) in [6.45, 7) is 2.46. The molecule has 1 spiro atoms. The van der Waals surface area contributed by atoms with Gasteiger partial charge in [-0.2, -0.15) is 0 Å². The molecule has 146 valence electrons. The number of benzene rings is 1. The number of halogens is 1. The molecular weight excluding hydrogens is 370 g/mol. The van der Waals surface area contributed by atoms with E-state index in [1.807, 2.05) is 4.90 Å². The SMILES string of the molecule is Nc1cc(Cl)ccc1OCC1CCN(C(=O)[C@H]2C[C@]3(COC(=O)N3)C2)CC1. The summed E-state index contributed by atoms with van der Waals surface area (Å²) in [5.74, 6) is 1.25. The molecule has 1 aliphatic carbocycles. The number of nitrogen functional groups attached to an aromatic ring is 1. The number of alkyl carbamates (subject to hydrolysis) is 1. The van der Waals surface area contributed by atoms with E-state index < -0.39 is 0 Å². The summed E-state index contributed by atoms with van der Waals surface area (Å²) in [6.07, 6.45) is 2.81. The minimum absolute atomic E-state index is 0.00587. The Kier molecular flexibility index (Phi) is 4.80. The first kappa shape index (κ1) is 18.2. The number of nitrogens with one attached hydrogen (secondary N) is 1. The third-order valence-corrected chi connectivity index (χ3v) is 6.08. The minimum Gasteiger partial charge on any atom is -0.491 e. The molecule has 0 unspecified atom stereocenters.